The minimum absolute atomic E-state index is 0.716. The molecule has 1 aromatic carbocycles. The van der Waals surface area contributed by atoms with Gasteiger partial charge in [0.2, 0.25) is 0 Å². The van der Waals surface area contributed by atoms with Crippen LogP contribution in [0.3, 0.4) is 0 Å². The van der Waals surface area contributed by atoms with Gasteiger partial charge in [0, 0.05) is 23.2 Å². The molecule has 0 amide bonds. The molecule has 0 spiro atoms. The maximum absolute atomic E-state index is 10.5. The molecule has 0 aliphatic carbocycles. The van der Waals surface area contributed by atoms with Crippen LogP contribution in [-0.2, 0) is 6.54 Å². The zero-order valence-corrected chi connectivity index (χ0v) is 9.91. The van der Waals surface area contributed by atoms with E-state index in [1.807, 2.05) is 24.3 Å². The molecule has 0 N–H and O–H groups in total. The summed E-state index contributed by atoms with van der Waals surface area (Å²) in [5, 5.41) is 2.08. The quantitative estimate of drug-likeness (QED) is 0.753. The smallest absolute Gasteiger partial charge is 0.150 e. The van der Waals surface area contributed by atoms with E-state index in [1.54, 1.807) is 11.3 Å². The maximum atomic E-state index is 10.5. The van der Waals surface area contributed by atoms with Crippen molar-refractivity contribution in [3.8, 4) is 0 Å². The van der Waals surface area contributed by atoms with E-state index in [1.165, 1.54) is 4.88 Å². The molecule has 2 rings (SSSR count). The highest BCUT2D eigenvalue weighted by Crippen LogP contribution is 2.18. The first-order valence-corrected chi connectivity index (χ1v) is 5.96. The molecule has 3 heteroatoms. The van der Waals surface area contributed by atoms with Gasteiger partial charge < -0.3 is 4.90 Å². The van der Waals surface area contributed by atoms with Crippen molar-refractivity contribution in [2.45, 2.75) is 6.54 Å². The summed E-state index contributed by atoms with van der Waals surface area (Å²) in [6.07, 6.45) is 0.864. The molecule has 16 heavy (non-hydrogen) atoms. The van der Waals surface area contributed by atoms with Crippen LogP contribution in [0.4, 0.5) is 5.69 Å². The Bertz CT molecular complexity index is 447. The molecule has 1 aromatic heterocycles. The molecule has 1 heterocycles. The number of nitrogens with zero attached hydrogens (tertiary/aromatic N) is 1. The van der Waals surface area contributed by atoms with Crippen LogP contribution in [-0.4, -0.2) is 13.3 Å². The molecule has 0 fully saturated rings. The zero-order chi connectivity index (χ0) is 11.4. The summed E-state index contributed by atoms with van der Waals surface area (Å²) >= 11 is 1.76. The maximum Gasteiger partial charge on any atom is 0.150 e. The van der Waals surface area contributed by atoms with Crippen LogP contribution in [0.25, 0.3) is 0 Å². The monoisotopic (exact) mass is 231 g/mol. The van der Waals surface area contributed by atoms with Crippen molar-refractivity contribution in [2.75, 3.05) is 11.9 Å². The van der Waals surface area contributed by atoms with Crippen molar-refractivity contribution >= 4 is 23.3 Å². The summed E-state index contributed by atoms with van der Waals surface area (Å²) in [6.45, 7) is 0.901. The number of thiophene rings is 1. The third kappa shape index (κ3) is 2.49. The fourth-order valence-electron chi connectivity index (χ4n) is 1.53. The lowest BCUT2D eigenvalue weighted by molar-refractivity contribution is 0.112. The Hall–Kier alpha value is -1.61. The van der Waals surface area contributed by atoms with Gasteiger partial charge >= 0.3 is 0 Å². The number of aldehydes is 1. The molecule has 0 radical (unpaired) electrons. The highest BCUT2D eigenvalue weighted by Gasteiger charge is 2.02. The molecule has 2 aromatic rings. The Morgan fingerprint density at radius 3 is 2.56 bits per heavy atom. The summed E-state index contributed by atoms with van der Waals surface area (Å²) in [5.74, 6) is 0. The molecule has 82 valence electrons. The van der Waals surface area contributed by atoms with E-state index in [2.05, 4.69) is 29.5 Å². The first-order chi connectivity index (χ1) is 7.79. The van der Waals surface area contributed by atoms with Gasteiger partial charge in [-0.25, -0.2) is 0 Å². The van der Waals surface area contributed by atoms with Gasteiger partial charge in [-0.2, -0.15) is 0 Å². The minimum Gasteiger partial charge on any atom is -0.369 e. The Morgan fingerprint density at radius 1 is 1.25 bits per heavy atom. The van der Waals surface area contributed by atoms with Gasteiger partial charge in [0.15, 0.2) is 0 Å². The summed E-state index contributed by atoms with van der Waals surface area (Å²) in [6, 6.07) is 11.8. The molecule has 0 aliphatic heterocycles. The third-order valence-corrected chi connectivity index (χ3v) is 3.30. The fraction of sp³-hybridized carbons (Fsp3) is 0.154. The van der Waals surface area contributed by atoms with Gasteiger partial charge in [0.1, 0.15) is 6.29 Å². The summed E-state index contributed by atoms with van der Waals surface area (Å²) < 4.78 is 0. The van der Waals surface area contributed by atoms with Crippen molar-refractivity contribution in [3.63, 3.8) is 0 Å². The Balaban J connectivity index is 2.08. The van der Waals surface area contributed by atoms with Crippen molar-refractivity contribution in [2.24, 2.45) is 0 Å². The van der Waals surface area contributed by atoms with E-state index >= 15 is 0 Å². The van der Waals surface area contributed by atoms with Crippen molar-refractivity contribution in [3.05, 3.63) is 52.2 Å². The lowest BCUT2D eigenvalue weighted by atomic mass is 10.2. The molecular weight excluding hydrogens is 218 g/mol. The van der Waals surface area contributed by atoms with E-state index < -0.39 is 0 Å². The van der Waals surface area contributed by atoms with Crippen LogP contribution in [0.5, 0.6) is 0 Å². The molecule has 2 nitrogen and oxygen atoms in total. The van der Waals surface area contributed by atoms with Crippen LogP contribution in [0.1, 0.15) is 15.2 Å². The number of carbonyl (C=O) groups is 1. The summed E-state index contributed by atoms with van der Waals surface area (Å²) in [7, 11) is 2.05. The van der Waals surface area contributed by atoms with Gasteiger partial charge in [-0.15, -0.1) is 11.3 Å². The predicted molar refractivity (Wildman–Crippen MR) is 68.3 cm³/mol. The number of rotatable bonds is 4. The van der Waals surface area contributed by atoms with E-state index in [0.29, 0.717) is 5.56 Å². The highest BCUT2D eigenvalue weighted by molar-refractivity contribution is 7.09. The van der Waals surface area contributed by atoms with Crippen LogP contribution < -0.4 is 4.90 Å². The van der Waals surface area contributed by atoms with Gasteiger partial charge in [0.25, 0.3) is 0 Å². The van der Waals surface area contributed by atoms with Gasteiger partial charge in [-0.1, -0.05) is 6.07 Å². The Labute approximate surface area is 99.1 Å². The molecule has 0 bridgehead atoms. The first-order valence-electron chi connectivity index (χ1n) is 5.08. The number of benzene rings is 1. The molecular formula is C13H13NOS. The average Bonchev–Trinajstić information content (AvgIpc) is 2.82. The van der Waals surface area contributed by atoms with Crippen molar-refractivity contribution in [1.29, 1.82) is 0 Å². The molecule has 0 aliphatic rings. The second-order valence-corrected chi connectivity index (χ2v) is 4.68. The second-order valence-electron chi connectivity index (χ2n) is 3.64. The number of carbonyl (C=O) groups excluding carboxylic acids is 1. The highest BCUT2D eigenvalue weighted by atomic mass is 32.1. The zero-order valence-electron chi connectivity index (χ0n) is 9.09. The van der Waals surface area contributed by atoms with Gasteiger partial charge in [-0.05, 0) is 35.7 Å². The van der Waals surface area contributed by atoms with E-state index in [9.17, 15) is 4.79 Å². The lowest BCUT2D eigenvalue weighted by Gasteiger charge is -2.18. The lowest BCUT2D eigenvalue weighted by Crippen LogP contribution is -2.15. The van der Waals surface area contributed by atoms with Gasteiger partial charge in [0.05, 0.1) is 6.54 Å². The standard InChI is InChI=1S/C13H13NOS/c1-14(9-13-3-2-8-16-13)12-6-4-11(10-15)5-7-12/h2-8,10H,9H2,1H3. The van der Waals surface area contributed by atoms with Crippen LogP contribution in [0.2, 0.25) is 0 Å². The third-order valence-electron chi connectivity index (χ3n) is 2.44. The predicted octanol–water partition coefficient (Wildman–Crippen LogP) is 3.20. The largest absolute Gasteiger partial charge is 0.369 e. The van der Waals surface area contributed by atoms with Crippen LogP contribution in [0.15, 0.2) is 41.8 Å². The van der Waals surface area contributed by atoms with E-state index in [4.69, 9.17) is 0 Å². The first kappa shape index (κ1) is 10.9. The average molecular weight is 231 g/mol. The summed E-state index contributed by atoms with van der Waals surface area (Å²) in [5.41, 5.74) is 1.84. The minimum atomic E-state index is 0.716. The Kier molecular flexibility index (Phi) is 3.37. The topological polar surface area (TPSA) is 20.3 Å². The molecule has 0 atom stereocenters. The molecule has 0 unspecified atom stereocenters. The van der Waals surface area contributed by atoms with E-state index in [0.717, 1.165) is 18.5 Å². The van der Waals surface area contributed by atoms with E-state index in [-0.39, 0.29) is 0 Å². The molecule has 0 saturated heterocycles. The number of hydrogen-bond acceptors (Lipinski definition) is 3. The SMILES string of the molecule is CN(Cc1cccs1)c1ccc(C=O)cc1. The number of anilines is 1. The second kappa shape index (κ2) is 4.94. The van der Waals surface area contributed by atoms with Gasteiger partial charge in [-0.3, -0.25) is 4.79 Å². The van der Waals surface area contributed by atoms with Crippen molar-refractivity contribution < 1.29 is 4.79 Å². The normalized spacial score (nSPS) is 10.1. The van der Waals surface area contributed by atoms with Crippen LogP contribution in [0, 0.1) is 0 Å². The van der Waals surface area contributed by atoms with Crippen LogP contribution >= 0.6 is 11.3 Å². The number of hydrogen-bond donors (Lipinski definition) is 0. The Morgan fingerprint density at radius 2 is 2.00 bits per heavy atom. The van der Waals surface area contributed by atoms with Crippen molar-refractivity contribution in [1.82, 2.24) is 0 Å². The summed E-state index contributed by atoms with van der Waals surface area (Å²) in [4.78, 5) is 14.0. The fourth-order valence-corrected chi connectivity index (χ4v) is 2.29. The molecule has 0 saturated carbocycles.